The van der Waals surface area contributed by atoms with E-state index < -0.39 is 0 Å². The highest BCUT2D eigenvalue weighted by Gasteiger charge is 2.54. The molecule has 0 spiro atoms. The maximum atomic E-state index is 10.9. The van der Waals surface area contributed by atoms with E-state index in [9.17, 15) is 5.11 Å². The summed E-state index contributed by atoms with van der Waals surface area (Å²) in [6.45, 7) is 6.51. The van der Waals surface area contributed by atoms with Crippen molar-refractivity contribution in [3.63, 3.8) is 0 Å². The highest BCUT2D eigenvalue weighted by Crippen LogP contribution is 2.49. The molecule has 2 aliphatic heterocycles. The van der Waals surface area contributed by atoms with E-state index in [0.29, 0.717) is 5.92 Å². The predicted molar refractivity (Wildman–Crippen MR) is 83.2 cm³/mol. The van der Waals surface area contributed by atoms with Crippen molar-refractivity contribution in [1.82, 2.24) is 4.90 Å². The number of hydrogen-bond acceptors (Lipinski definition) is 3. The van der Waals surface area contributed by atoms with Gasteiger partial charge in [-0.1, -0.05) is 32.0 Å². The monoisotopic (exact) mass is 285 g/mol. The first-order valence-corrected chi connectivity index (χ1v) is 8.09. The van der Waals surface area contributed by atoms with E-state index in [4.69, 9.17) is 4.42 Å². The highest BCUT2D eigenvalue weighted by atomic mass is 16.3. The second-order valence-electron chi connectivity index (χ2n) is 6.78. The Balaban J connectivity index is 2.01. The topological polar surface area (TPSA) is 36.6 Å². The predicted octanol–water partition coefficient (Wildman–Crippen LogP) is 3.30. The molecule has 21 heavy (non-hydrogen) atoms. The van der Waals surface area contributed by atoms with E-state index in [2.05, 4.69) is 30.9 Å². The molecule has 2 aromatic rings. The van der Waals surface area contributed by atoms with Crippen molar-refractivity contribution >= 4 is 11.0 Å². The van der Waals surface area contributed by atoms with E-state index in [-0.39, 0.29) is 11.6 Å². The molecule has 1 unspecified atom stereocenters. The Kier molecular flexibility index (Phi) is 2.92. The Morgan fingerprint density at radius 2 is 2.10 bits per heavy atom. The number of rotatable bonds is 1. The highest BCUT2D eigenvalue weighted by molar-refractivity contribution is 5.83. The smallest absolute Gasteiger partial charge is 0.134 e. The molecule has 0 aliphatic carbocycles. The molecule has 2 aliphatic rings. The van der Waals surface area contributed by atoms with Gasteiger partial charge in [-0.05, 0) is 37.8 Å². The summed E-state index contributed by atoms with van der Waals surface area (Å²) < 4.78 is 6.29. The van der Waals surface area contributed by atoms with Crippen molar-refractivity contribution < 1.29 is 9.52 Å². The first kappa shape index (κ1) is 13.4. The van der Waals surface area contributed by atoms with Crippen molar-refractivity contribution in [2.24, 2.45) is 5.92 Å². The molecule has 112 valence electrons. The first-order chi connectivity index (χ1) is 10.2. The lowest BCUT2D eigenvalue weighted by Crippen LogP contribution is -2.62. The second-order valence-corrected chi connectivity index (χ2v) is 6.78. The lowest BCUT2D eigenvalue weighted by Gasteiger charge is -2.54. The maximum Gasteiger partial charge on any atom is 0.134 e. The van der Waals surface area contributed by atoms with Crippen LogP contribution in [0.25, 0.3) is 11.0 Å². The van der Waals surface area contributed by atoms with Crippen LogP contribution in [0.4, 0.5) is 0 Å². The van der Waals surface area contributed by atoms with Crippen LogP contribution in [0.15, 0.2) is 28.7 Å². The molecule has 4 rings (SSSR count). The van der Waals surface area contributed by atoms with Crippen molar-refractivity contribution in [2.45, 2.75) is 44.8 Å². The molecule has 1 fully saturated rings. The maximum absolute atomic E-state index is 10.9. The third-order valence-corrected chi connectivity index (χ3v) is 5.51. The minimum absolute atomic E-state index is 0.326. The van der Waals surface area contributed by atoms with Crippen LogP contribution in [0.1, 0.15) is 38.0 Å². The number of piperidine rings is 1. The van der Waals surface area contributed by atoms with Crippen LogP contribution in [0.3, 0.4) is 0 Å². The standard InChI is InChI=1S/C18H23NO2/c1-12(2)18-16(20)8-5-10-19(18)11-9-14-13-6-3-4-7-15(13)21-17(14)18/h3-4,6-7,12,16,20H,5,8-11H2,1-2H3/t16-,18?/m1/s1. The fourth-order valence-electron chi connectivity index (χ4n) is 4.61. The van der Waals surface area contributed by atoms with Gasteiger partial charge in [0.05, 0.1) is 6.10 Å². The summed E-state index contributed by atoms with van der Waals surface area (Å²) in [6, 6.07) is 8.29. The Bertz CT molecular complexity index is 675. The van der Waals surface area contributed by atoms with Crippen LogP contribution in [0.2, 0.25) is 0 Å². The zero-order chi connectivity index (χ0) is 14.6. The summed E-state index contributed by atoms with van der Waals surface area (Å²) in [7, 11) is 0. The van der Waals surface area contributed by atoms with Crippen LogP contribution < -0.4 is 0 Å². The van der Waals surface area contributed by atoms with E-state index in [0.717, 1.165) is 43.7 Å². The summed E-state index contributed by atoms with van der Waals surface area (Å²) in [5, 5.41) is 12.1. The Morgan fingerprint density at radius 1 is 1.29 bits per heavy atom. The van der Waals surface area contributed by atoms with E-state index in [1.54, 1.807) is 0 Å². The molecule has 3 nitrogen and oxygen atoms in total. The second kappa shape index (κ2) is 4.59. The van der Waals surface area contributed by atoms with Gasteiger partial charge in [-0.2, -0.15) is 0 Å². The minimum atomic E-state index is -0.342. The molecule has 1 aromatic heterocycles. The molecule has 0 radical (unpaired) electrons. The van der Waals surface area contributed by atoms with Gasteiger partial charge in [0.1, 0.15) is 16.9 Å². The summed E-state index contributed by atoms with van der Waals surface area (Å²) in [5.41, 5.74) is 1.93. The zero-order valence-electron chi connectivity index (χ0n) is 12.8. The lowest BCUT2D eigenvalue weighted by molar-refractivity contribution is -0.114. The number of furan rings is 1. The Hall–Kier alpha value is -1.32. The van der Waals surface area contributed by atoms with E-state index in [1.807, 2.05) is 12.1 Å². The fraction of sp³-hybridized carbons (Fsp3) is 0.556. The molecule has 3 heterocycles. The quantitative estimate of drug-likeness (QED) is 0.873. The van der Waals surface area contributed by atoms with Crippen molar-refractivity contribution in [3.8, 4) is 0 Å². The first-order valence-electron chi connectivity index (χ1n) is 8.09. The lowest BCUT2D eigenvalue weighted by atomic mass is 9.70. The van der Waals surface area contributed by atoms with Gasteiger partial charge in [0.15, 0.2) is 0 Å². The zero-order valence-corrected chi connectivity index (χ0v) is 12.8. The summed E-state index contributed by atoms with van der Waals surface area (Å²) >= 11 is 0. The molecule has 1 N–H and O–H groups in total. The summed E-state index contributed by atoms with van der Waals surface area (Å²) in [6.07, 6.45) is 2.62. The van der Waals surface area contributed by atoms with Crippen LogP contribution in [-0.4, -0.2) is 29.2 Å². The normalized spacial score (nSPS) is 29.6. The van der Waals surface area contributed by atoms with Gasteiger partial charge in [0.25, 0.3) is 0 Å². The van der Waals surface area contributed by atoms with E-state index >= 15 is 0 Å². The Morgan fingerprint density at radius 3 is 2.90 bits per heavy atom. The van der Waals surface area contributed by atoms with Gasteiger partial charge in [0, 0.05) is 17.5 Å². The van der Waals surface area contributed by atoms with Gasteiger partial charge in [-0.25, -0.2) is 0 Å². The van der Waals surface area contributed by atoms with Crippen LogP contribution in [0, 0.1) is 5.92 Å². The average molecular weight is 285 g/mol. The molecule has 1 saturated heterocycles. The fourth-order valence-corrected chi connectivity index (χ4v) is 4.61. The van der Waals surface area contributed by atoms with Gasteiger partial charge >= 0.3 is 0 Å². The van der Waals surface area contributed by atoms with Crippen molar-refractivity contribution in [3.05, 3.63) is 35.6 Å². The molecule has 3 heteroatoms. The molecule has 2 atom stereocenters. The Labute approximate surface area is 125 Å². The van der Waals surface area contributed by atoms with Crippen molar-refractivity contribution in [1.29, 1.82) is 0 Å². The number of aliphatic hydroxyl groups excluding tert-OH is 1. The van der Waals surface area contributed by atoms with E-state index in [1.165, 1.54) is 10.9 Å². The van der Waals surface area contributed by atoms with Crippen LogP contribution in [-0.2, 0) is 12.0 Å². The van der Waals surface area contributed by atoms with Gasteiger partial charge in [-0.15, -0.1) is 0 Å². The average Bonchev–Trinajstić information content (AvgIpc) is 2.86. The number of fused-ring (bicyclic) bond motifs is 5. The molecular weight excluding hydrogens is 262 g/mol. The SMILES string of the molecule is CC(C)C12c3oc4ccccc4c3CCN1CCC[C@H]2O. The number of benzene rings is 1. The minimum Gasteiger partial charge on any atom is -0.459 e. The van der Waals surface area contributed by atoms with Crippen molar-refractivity contribution in [2.75, 3.05) is 13.1 Å². The molecule has 1 aromatic carbocycles. The van der Waals surface area contributed by atoms with Gasteiger partial charge in [-0.3, -0.25) is 4.90 Å². The number of nitrogens with zero attached hydrogens (tertiary/aromatic N) is 1. The van der Waals surface area contributed by atoms with Crippen LogP contribution >= 0.6 is 0 Å². The molecular formula is C18H23NO2. The molecule has 0 bridgehead atoms. The molecule has 0 saturated carbocycles. The summed E-state index contributed by atoms with van der Waals surface area (Å²) in [5.74, 6) is 1.35. The van der Waals surface area contributed by atoms with Gasteiger partial charge in [0.2, 0.25) is 0 Å². The third-order valence-electron chi connectivity index (χ3n) is 5.51. The third kappa shape index (κ3) is 1.62. The number of aliphatic hydroxyl groups is 1. The number of hydrogen-bond donors (Lipinski definition) is 1. The molecule has 0 amide bonds. The summed E-state index contributed by atoms with van der Waals surface area (Å²) in [4.78, 5) is 2.47. The van der Waals surface area contributed by atoms with Gasteiger partial charge < -0.3 is 9.52 Å². The largest absolute Gasteiger partial charge is 0.459 e. The van der Waals surface area contributed by atoms with Crippen LogP contribution in [0.5, 0.6) is 0 Å². The number of para-hydroxylation sites is 1.